The number of carbonyl (C=O) groups is 3. The smallest absolute Gasteiger partial charge is 0.283 e. The zero-order valence-corrected chi connectivity index (χ0v) is 18.0. The molecule has 0 atom stereocenters. The Hall–Kier alpha value is -4.17. The van der Waals surface area contributed by atoms with E-state index < -0.39 is 17.6 Å². The number of carbonyl (C=O) groups excluding carboxylic acids is 3. The normalized spacial score (nSPS) is 13.4. The van der Waals surface area contributed by atoms with Crippen LogP contribution in [0.1, 0.15) is 10.4 Å². The molecule has 0 saturated carbocycles. The molecule has 3 amide bonds. The Labute approximate surface area is 193 Å². The highest BCUT2D eigenvalue weighted by molar-refractivity contribution is 6.53. The van der Waals surface area contributed by atoms with Gasteiger partial charge in [0.05, 0.1) is 12.8 Å². The third-order valence-electron chi connectivity index (χ3n) is 4.83. The van der Waals surface area contributed by atoms with Crippen LogP contribution in [0.4, 0.5) is 21.5 Å². The number of methoxy groups -OCH3 is 1. The molecule has 0 aromatic heterocycles. The SMILES string of the molecule is COc1cccc(NC(=O)c2cccc(NC3=C(Cl)C(=O)N(c4ccc(F)cc4)C3=O)c2)c1. The molecular formula is C24H17ClFN3O4. The second kappa shape index (κ2) is 9.13. The molecule has 1 aliphatic heterocycles. The molecule has 3 aromatic rings. The predicted molar refractivity (Wildman–Crippen MR) is 123 cm³/mol. The molecule has 0 saturated heterocycles. The van der Waals surface area contributed by atoms with Gasteiger partial charge < -0.3 is 15.4 Å². The maximum Gasteiger partial charge on any atom is 0.283 e. The van der Waals surface area contributed by atoms with E-state index in [4.69, 9.17) is 16.3 Å². The van der Waals surface area contributed by atoms with Gasteiger partial charge in [-0.3, -0.25) is 14.4 Å². The van der Waals surface area contributed by atoms with Gasteiger partial charge in [0.15, 0.2) is 0 Å². The van der Waals surface area contributed by atoms with Gasteiger partial charge in [-0.25, -0.2) is 9.29 Å². The van der Waals surface area contributed by atoms with Gasteiger partial charge in [-0.15, -0.1) is 0 Å². The van der Waals surface area contributed by atoms with Crippen LogP contribution >= 0.6 is 11.6 Å². The maximum absolute atomic E-state index is 13.2. The molecule has 0 radical (unpaired) electrons. The lowest BCUT2D eigenvalue weighted by molar-refractivity contribution is -0.120. The van der Waals surface area contributed by atoms with Gasteiger partial charge in [0.2, 0.25) is 0 Å². The standard InChI is InChI=1S/C24H17ClFN3O4/c1-33-19-7-3-6-17(13-19)28-22(30)14-4-2-5-16(12-14)27-21-20(25)23(31)29(24(21)32)18-10-8-15(26)9-11-18/h2-13,27H,1H3,(H,28,30). The second-order valence-corrected chi connectivity index (χ2v) is 7.38. The Morgan fingerprint density at radius 1 is 0.939 bits per heavy atom. The van der Waals surface area contributed by atoms with Crippen LogP contribution in [-0.4, -0.2) is 24.8 Å². The number of benzene rings is 3. The van der Waals surface area contributed by atoms with Gasteiger partial charge in [0.1, 0.15) is 22.3 Å². The summed E-state index contributed by atoms with van der Waals surface area (Å²) in [7, 11) is 1.53. The number of nitrogens with zero attached hydrogens (tertiary/aromatic N) is 1. The van der Waals surface area contributed by atoms with Gasteiger partial charge in [-0.1, -0.05) is 23.7 Å². The predicted octanol–water partition coefficient (Wildman–Crippen LogP) is 4.52. The van der Waals surface area contributed by atoms with Gasteiger partial charge in [-0.05, 0) is 54.6 Å². The molecule has 0 bridgehead atoms. The Morgan fingerprint density at radius 2 is 1.64 bits per heavy atom. The molecular weight excluding hydrogens is 449 g/mol. The van der Waals surface area contributed by atoms with E-state index in [0.29, 0.717) is 22.7 Å². The van der Waals surface area contributed by atoms with Crippen LogP contribution in [-0.2, 0) is 9.59 Å². The van der Waals surface area contributed by atoms with Crippen LogP contribution in [0.3, 0.4) is 0 Å². The number of hydrogen-bond acceptors (Lipinski definition) is 5. The summed E-state index contributed by atoms with van der Waals surface area (Å²) in [6.07, 6.45) is 0. The van der Waals surface area contributed by atoms with Crippen molar-refractivity contribution in [2.45, 2.75) is 0 Å². The summed E-state index contributed by atoms with van der Waals surface area (Å²) in [4.78, 5) is 38.9. The molecule has 166 valence electrons. The van der Waals surface area contributed by atoms with Crippen molar-refractivity contribution in [3.63, 3.8) is 0 Å². The van der Waals surface area contributed by atoms with Gasteiger partial charge in [-0.2, -0.15) is 0 Å². The summed E-state index contributed by atoms with van der Waals surface area (Å²) in [5.41, 5.74) is 1.29. The molecule has 4 rings (SSSR count). The quantitative estimate of drug-likeness (QED) is 0.522. The minimum Gasteiger partial charge on any atom is -0.497 e. The molecule has 0 unspecified atom stereocenters. The second-order valence-electron chi connectivity index (χ2n) is 7.00. The number of hydrogen-bond donors (Lipinski definition) is 2. The van der Waals surface area contributed by atoms with Crippen molar-refractivity contribution < 1.29 is 23.5 Å². The van der Waals surface area contributed by atoms with Gasteiger partial charge in [0.25, 0.3) is 17.7 Å². The van der Waals surface area contributed by atoms with E-state index in [9.17, 15) is 18.8 Å². The van der Waals surface area contributed by atoms with Crippen molar-refractivity contribution in [1.29, 1.82) is 0 Å². The molecule has 3 aromatic carbocycles. The summed E-state index contributed by atoms with van der Waals surface area (Å²) < 4.78 is 18.4. The van der Waals surface area contributed by atoms with Crippen molar-refractivity contribution >= 4 is 46.4 Å². The Bertz CT molecular complexity index is 1290. The number of imide groups is 1. The van der Waals surface area contributed by atoms with Crippen molar-refractivity contribution in [2.75, 3.05) is 22.6 Å². The fourth-order valence-electron chi connectivity index (χ4n) is 3.22. The summed E-state index contributed by atoms with van der Waals surface area (Å²) in [5.74, 6) is -1.71. The van der Waals surface area contributed by atoms with E-state index in [0.717, 1.165) is 17.0 Å². The number of halogens is 2. The number of rotatable bonds is 6. The average Bonchev–Trinajstić information content (AvgIpc) is 3.03. The lowest BCUT2D eigenvalue weighted by Gasteiger charge is -2.15. The summed E-state index contributed by atoms with van der Waals surface area (Å²) >= 11 is 6.13. The first-order valence-corrected chi connectivity index (χ1v) is 10.1. The van der Waals surface area contributed by atoms with Crippen molar-refractivity contribution in [1.82, 2.24) is 0 Å². The van der Waals surface area contributed by atoms with E-state index in [1.807, 2.05) is 0 Å². The Kier molecular flexibility index (Phi) is 6.10. The third kappa shape index (κ3) is 4.56. The fraction of sp³-hybridized carbons (Fsp3) is 0.0417. The highest BCUT2D eigenvalue weighted by Gasteiger charge is 2.39. The van der Waals surface area contributed by atoms with Crippen LogP contribution in [0.25, 0.3) is 0 Å². The summed E-state index contributed by atoms with van der Waals surface area (Å²) in [5, 5.41) is 5.28. The summed E-state index contributed by atoms with van der Waals surface area (Å²) in [6.45, 7) is 0. The van der Waals surface area contributed by atoms with Crippen LogP contribution in [0, 0.1) is 5.82 Å². The molecule has 7 nitrogen and oxygen atoms in total. The largest absolute Gasteiger partial charge is 0.497 e. The minimum absolute atomic E-state index is 0.142. The lowest BCUT2D eigenvalue weighted by atomic mass is 10.1. The first-order chi connectivity index (χ1) is 15.9. The number of anilines is 3. The minimum atomic E-state index is -0.734. The number of amides is 3. The van der Waals surface area contributed by atoms with E-state index >= 15 is 0 Å². The number of nitrogens with one attached hydrogen (secondary N) is 2. The van der Waals surface area contributed by atoms with Crippen molar-refractivity contribution in [3.8, 4) is 5.75 Å². The highest BCUT2D eigenvalue weighted by Crippen LogP contribution is 2.30. The molecule has 2 N–H and O–H groups in total. The molecule has 9 heteroatoms. The third-order valence-corrected chi connectivity index (χ3v) is 5.18. The van der Waals surface area contributed by atoms with E-state index in [1.54, 1.807) is 42.5 Å². The van der Waals surface area contributed by atoms with E-state index in [1.165, 1.54) is 25.3 Å². The van der Waals surface area contributed by atoms with Crippen LogP contribution < -0.4 is 20.3 Å². The number of ether oxygens (including phenoxy) is 1. The van der Waals surface area contributed by atoms with Gasteiger partial charge >= 0.3 is 0 Å². The molecule has 1 heterocycles. The summed E-state index contributed by atoms with van der Waals surface area (Å²) in [6, 6.07) is 18.2. The van der Waals surface area contributed by atoms with Gasteiger partial charge in [0, 0.05) is 23.0 Å². The van der Waals surface area contributed by atoms with Crippen LogP contribution in [0.15, 0.2) is 83.5 Å². The lowest BCUT2D eigenvalue weighted by Crippen LogP contribution is -2.32. The topological polar surface area (TPSA) is 87.7 Å². The van der Waals surface area contributed by atoms with Crippen LogP contribution in [0.5, 0.6) is 5.75 Å². The molecule has 0 aliphatic carbocycles. The van der Waals surface area contributed by atoms with Crippen LogP contribution in [0.2, 0.25) is 0 Å². The Morgan fingerprint density at radius 3 is 2.36 bits per heavy atom. The highest BCUT2D eigenvalue weighted by atomic mass is 35.5. The van der Waals surface area contributed by atoms with E-state index in [2.05, 4.69) is 10.6 Å². The fourth-order valence-corrected chi connectivity index (χ4v) is 3.44. The monoisotopic (exact) mass is 465 g/mol. The zero-order chi connectivity index (χ0) is 23.5. The van der Waals surface area contributed by atoms with Crippen molar-refractivity contribution in [2.24, 2.45) is 0 Å². The first-order valence-electron chi connectivity index (χ1n) is 9.74. The first kappa shape index (κ1) is 22.0. The average molecular weight is 466 g/mol. The molecule has 0 spiro atoms. The zero-order valence-electron chi connectivity index (χ0n) is 17.3. The molecule has 1 aliphatic rings. The van der Waals surface area contributed by atoms with Crippen molar-refractivity contribution in [3.05, 3.63) is 94.9 Å². The maximum atomic E-state index is 13.2. The Balaban J connectivity index is 1.53. The van der Waals surface area contributed by atoms with E-state index in [-0.39, 0.29) is 22.3 Å². The molecule has 33 heavy (non-hydrogen) atoms. The molecule has 0 fully saturated rings.